The Morgan fingerprint density at radius 3 is 2.40 bits per heavy atom. The lowest BCUT2D eigenvalue weighted by Gasteiger charge is -2.54. The largest absolute Gasteiger partial charge is 0.383 e. The number of rotatable bonds is 1. The number of aromatic nitrogens is 2. The molecule has 4 aliphatic carbocycles. The van der Waals surface area contributed by atoms with Gasteiger partial charge in [0.15, 0.2) is 0 Å². The van der Waals surface area contributed by atoms with Crippen molar-refractivity contribution in [1.29, 1.82) is 0 Å². The smallest absolute Gasteiger partial charge is 0.204 e. The Morgan fingerprint density at radius 2 is 1.75 bits per heavy atom. The predicted molar refractivity (Wildman–Crippen MR) is 79.5 cm³/mol. The van der Waals surface area contributed by atoms with Gasteiger partial charge in [0.1, 0.15) is 5.82 Å². The highest BCUT2D eigenvalue weighted by molar-refractivity contribution is 5.50. The van der Waals surface area contributed by atoms with Gasteiger partial charge in [-0.05, 0) is 62.2 Å². The van der Waals surface area contributed by atoms with Crippen molar-refractivity contribution in [3.8, 4) is 0 Å². The summed E-state index contributed by atoms with van der Waals surface area (Å²) in [5.74, 6) is 6.41. The van der Waals surface area contributed by atoms with Crippen molar-refractivity contribution < 1.29 is 0 Å². The summed E-state index contributed by atoms with van der Waals surface area (Å²) < 4.78 is 2.21. The molecule has 1 aliphatic heterocycles. The third-order valence-electron chi connectivity index (χ3n) is 6.42. The van der Waals surface area contributed by atoms with Crippen LogP contribution in [0, 0.1) is 23.7 Å². The summed E-state index contributed by atoms with van der Waals surface area (Å²) in [6.45, 7) is 2.08. The zero-order valence-corrected chi connectivity index (χ0v) is 12.0. The molecule has 4 heteroatoms. The Morgan fingerprint density at radius 1 is 1.05 bits per heavy atom. The van der Waals surface area contributed by atoms with Crippen LogP contribution in [0.2, 0.25) is 0 Å². The number of anilines is 2. The van der Waals surface area contributed by atoms with E-state index in [1.165, 1.54) is 37.8 Å². The minimum Gasteiger partial charge on any atom is -0.383 e. The summed E-state index contributed by atoms with van der Waals surface area (Å²) in [4.78, 5) is 4.92. The van der Waals surface area contributed by atoms with Gasteiger partial charge in [-0.2, -0.15) is 0 Å². The average molecular weight is 272 g/mol. The lowest BCUT2D eigenvalue weighted by molar-refractivity contribution is -0.00377. The van der Waals surface area contributed by atoms with Crippen LogP contribution in [0.1, 0.15) is 50.1 Å². The molecule has 4 bridgehead atoms. The molecule has 4 saturated carbocycles. The predicted octanol–water partition coefficient (Wildman–Crippen LogP) is 2.82. The minimum atomic E-state index is 0.655. The Kier molecular flexibility index (Phi) is 2.25. The van der Waals surface area contributed by atoms with Gasteiger partial charge >= 0.3 is 0 Å². The fourth-order valence-electron chi connectivity index (χ4n) is 5.90. The lowest BCUT2D eigenvalue weighted by Crippen LogP contribution is -2.44. The lowest BCUT2D eigenvalue weighted by atomic mass is 9.51. The number of nitrogens with one attached hydrogen (secondary N) is 1. The van der Waals surface area contributed by atoms with Crippen LogP contribution in [0.5, 0.6) is 0 Å². The topological polar surface area (TPSA) is 55.9 Å². The fraction of sp³-hybridized carbons (Fsp3) is 0.812. The molecule has 3 N–H and O–H groups in total. The summed E-state index contributed by atoms with van der Waals surface area (Å²) in [5.41, 5.74) is 7.70. The first-order valence-electron chi connectivity index (χ1n) is 8.39. The second-order valence-corrected chi connectivity index (χ2v) is 7.59. The van der Waals surface area contributed by atoms with Crippen molar-refractivity contribution in [1.82, 2.24) is 9.55 Å². The van der Waals surface area contributed by atoms with Gasteiger partial charge in [0, 0.05) is 19.0 Å². The average Bonchev–Trinajstić information content (AvgIpc) is 2.76. The van der Waals surface area contributed by atoms with E-state index in [4.69, 9.17) is 10.7 Å². The van der Waals surface area contributed by atoms with E-state index in [9.17, 15) is 0 Å². The molecule has 2 heterocycles. The summed E-state index contributed by atoms with van der Waals surface area (Å²) >= 11 is 0. The molecule has 0 spiro atoms. The molecule has 0 atom stereocenters. The summed E-state index contributed by atoms with van der Waals surface area (Å²) in [7, 11) is 0. The van der Waals surface area contributed by atoms with Gasteiger partial charge in [0.05, 0.1) is 5.69 Å². The maximum Gasteiger partial charge on any atom is 0.204 e. The number of nitrogen functional groups attached to an aromatic ring is 1. The van der Waals surface area contributed by atoms with Crippen LogP contribution in [0.25, 0.3) is 0 Å². The molecule has 1 aromatic rings. The van der Waals surface area contributed by atoms with Gasteiger partial charge in [-0.3, -0.25) is 4.57 Å². The van der Waals surface area contributed by atoms with Crippen molar-refractivity contribution in [3.63, 3.8) is 0 Å². The van der Waals surface area contributed by atoms with Crippen molar-refractivity contribution >= 4 is 11.8 Å². The van der Waals surface area contributed by atoms with Crippen LogP contribution in [0.3, 0.4) is 0 Å². The Labute approximate surface area is 120 Å². The number of nitrogens with two attached hydrogens (primary N) is 1. The third kappa shape index (κ3) is 1.45. The quantitative estimate of drug-likeness (QED) is 0.826. The van der Waals surface area contributed by atoms with E-state index in [1.54, 1.807) is 0 Å². The number of hydrogen-bond donors (Lipinski definition) is 2. The van der Waals surface area contributed by atoms with E-state index >= 15 is 0 Å². The number of hydrogen-bond acceptors (Lipinski definition) is 3. The molecule has 6 rings (SSSR count). The van der Waals surface area contributed by atoms with Gasteiger partial charge < -0.3 is 11.1 Å². The Balaban J connectivity index is 1.55. The zero-order chi connectivity index (χ0) is 13.3. The van der Waals surface area contributed by atoms with Gasteiger partial charge in [-0.1, -0.05) is 0 Å². The first kappa shape index (κ1) is 11.5. The SMILES string of the molecule is Nc1c(C2C3CC4CC(C3)CC2C4)nc2n1CCCN2. The molecule has 4 nitrogen and oxygen atoms in total. The molecule has 0 unspecified atom stereocenters. The van der Waals surface area contributed by atoms with Gasteiger partial charge in [0.25, 0.3) is 0 Å². The molecule has 4 fully saturated rings. The molecule has 108 valence electrons. The zero-order valence-electron chi connectivity index (χ0n) is 12.0. The molecule has 5 aliphatic rings. The second-order valence-electron chi connectivity index (χ2n) is 7.59. The number of nitrogens with zero attached hydrogens (tertiary/aromatic N) is 2. The Bertz CT molecular complexity index is 519. The molecule has 0 saturated heterocycles. The van der Waals surface area contributed by atoms with Crippen LogP contribution >= 0.6 is 0 Å². The van der Waals surface area contributed by atoms with Crippen molar-refractivity contribution in [2.45, 2.75) is 51.0 Å². The van der Waals surface area contributed by atoms with Crippen LogP contribution in [0.4, 0.5) is 11.8 Å². The summed E-state index contributed by atoms with van der Waals surface area (Å²) in [6.07, 6.45) is 8.42. The highest BCUT2D eigenvalue weighted by Gasteiger charge is 2.50. The summed E-state index contributed by atoms with van der Waals surface area (Å²) in [6, 6.07) is 0. The van der Waals surface area contributed by atoms with Crippen molar-refractivity contribution in [2.75, 3.05) is 17.6 Å². The maximum atomic E-state index is 6.46. The van der Waals surface area contributed by atoms with E-state index in [-0.39, 0.29) is 0 Å². The molecular formula is C16H24N4. The first-order chi connectivity index (χ1) is 9.79. The van der Waals surface area contributed by atoms with Crippen LogP contribution < -0.4 is 11.1 Å². The monoisotopic (exact) mass is 272 g/mol. The maximum absolute atomic E-state index is 6.46. The highest BCUT2D eigenvalue weighted by Crippen LogP contribution is 2.60. The number of imidazole rings is 1. The Hall–Kier alpha value is -1.19. The van der Waals surface area contributed by atoms with Crippen LogP contribution in [0.15, 0.2) is 0 Å². The van der Waals surface area contributed by atoms with Gasteiger partial charge in [-0.25, -0.2) is 4.98 Å². The van der Waals surface area contributed by atoms with E-state index in [1.807, 2.05) is 0 Å². The van der Waals surface area contributed by atoms with Crippen LogP contribution in [-0.4, -0.2) is 16.1 Å². The minimum absolute atomic E-state index is 0.655. The van der Waals surface area contributed by atoms with Gasteiger partial charge in [0.2, 0.25) is 5.95 Å². The van der Waals surface area contributed by atoms with E-state index in [2.05, 4.69) is 9.88 Å². The van der Waals surface area contributed by atoms with E-state index in [0.717, 1.165) is 54.9 Å². The molecule has 0 amide bonds. The molecule has 0 radical (unpaired) electrons. The summed E-state index contributed by atoms with van der Waals surface area (Å²) in [5, 5.41) is 3.42. The van der Waals surface area contributed by atoms with Crippen LogP contribution in [-0.2, 0) is 6.54 Å². The third-order valence-corrected chi connectivity index (χ3v) is 6.42. The normalized spacial score (nSPS) is 41.5. The van der Waals surface area contributed by atoms with Crippen molar-refractivity contribution in [3.05, 3.63) is 5.69 Å². The molecular weight excluding hydrogens is 248 g/mol. The van der Waals surface area contributed by atoms with Gasteiger partial charge in [-0.15, -0.1) is 0 Å². The second kappa shape index (κ2) is 3.92. The van der Waals surface area contributed by atoms with Crippen molar-refractivity contribution in [2.24, 2.45) is 23.7 Å². The first-order valence-corrected chi connectivity index (χ1v) is 8.39. The molecule has 20 heavy (non-hydrogen) atoms. The molecule has 0 aromatic carbocycles. The standard InChI is InChI=1S/C16H24N4/c17-15-14(19-16-18-2-1-3-20(15)16)13-11-5-9-4-10(7-11)8-12(13)6-9/h9-13H,1-8,17H2,(H,18,19). The number of fused-ring (bicyclic) bond motifs is 1. The van der Waals surface area contributed by atoms with E-state index in [0.29, 0.717) is 5.92 Å². The highest BCUT2D eigenvalue weighted by atomic mass is 15.3. The van der Waals surface area contributed by atoms with E-state index < -0.39 is 0 Å². The fourth-order valence-corrected chi connectivity index (χ4v) is 5.90. The molecule has 1 aromatic heterocycles.